The molecule has 0 saturated carbocycles. The molecule has 0 spiro atoms. The zero-order valence-corrected chi connectivity index (χ0v) is 12.3. The van der Waals surface area contributed by atoms with Gasteiger partial charge in [0, 0.05) is 43.7 Å². The van der Waals surface area contributed by atoms with E-state index < -0.39 is 0 Å². The topological polar surface area (TPSA) is 63.7 Å². The Kier molecular flexibility index (Phi) is 4.09. The van der Waals surface area contributed by atoms with Crippen LogP contribution in [0.2, 0.25) is 0 Å². The maximum absolute atomic E-state index is 12.2. The summed E-state index contributed by atoms with van der Waals surface area (Å²) < 4.78 is 10.5. The minimum atomic E-state index is -0.171. The van der Waals surface area contributed by atoms with Crippen molar-refractivity contribution in [3.05, 3.63) is 48.3 Å². The van der Waals surface area contributed by atoms with Gasteiger partial charge in [0.2, 0.25) is 6.79 Å². The highest BCUT2D eigenvalue weighted by Crippen LogP contribution is 2.34. The minimum Gasteiger partial charge on any atom is -0.454 e. The molecule has 22 heavy (non-hydrogen) atoms. The predicted molar refractivity (Wildman–Crippen MR) is 82.2 cm³/mol. The van der Waals surface area contributed by atoms with E-state index in [1.165, 1.54) is 0 Å². The van der Waals surface area contributed by atoms with Gasteiger partial charge in [0.05, 0.1) is 0 Å². The number of fused-ring (bicyclic) bond motifs is 1. The highest BCUT2D eigenvalue weighted by Gasteiger charge is 2.15. The van der Waals surface area contributed by atoms with Gasteiger partial charge in [0.15, 0.2) is 11.5 Å². The summed E-state index contributed by atoms with van der Waals surface area (Å²) in [5, 5.41) is 2.84. The summed E-state index contributed by atoms with van der Waals surface area (Å²) in [5.41, 5.74) is 1.64. The Morgan fingerprint density at radius 1 is 1.27 bits per heavy atom. The number of nitrogens with zero attached hydrogens (tertiary/aromatic N) is 2. The number of amides is 2. The number of anilines is 1. The molecule has 114 valence electrons. The third kappa shape index (κ3) is 3.28. The lowest BCUT2D eigenvalue weighted by molar-refractivity contribution is 0.174. The first kappa shape index (κ1) is 14.2. The van der Waals surface area contributed by atoms with Crippen molar-refractivity contribution in [1.29, 1.82) is 0 Å². The Bertz CT molecular complexity index is 661. The van der Waals surface area contributed by atoms with Crippen molar-refractivity contribution in [2.45, 2.75) is 6.42 Å². The number of aromatic nitrogens is 1. The van der Waals surface area contributed by atoms with E-state index in [2.05, 4.69) is 10.3 Å². The minimum absolute atomic E-state index is 0.171. The molecule has 1 aromatic heterocycles. The van der Waals surface area contributed by atoms with Crippen molar-refractivity contribution < 1.29 is 14.3 Å². The van der Waals surface area contributed by atoms with Crippen LogP contribution in [0.1, 0.15) is 5.69 Å². The third-order valence-corrected chi connectivity index (χ3v) is 3.40. The Labute approximate surface area is 128 Å². The fraction of sp³-hybridized carbons (Fsp3) is 0.250. The van der Waals surface area contributed by atoms with Crippen LogP contribution in [-0.4, -0.2) is 36.3 Å². The Balaban J connectivity index is 1.55. The molecule has 1 N–H and O–H groups in total. The zero-order chi connectivity index (χ0) is 15.4. The van der Waals surface area contributed by atoms with E-state index in [4.69, 9.17) is 9.47 Å². The van der Waals surface area contributed by atoms with Crippen LogP contribution in [0.15, 0.2) is 42.6 Å². The van der Waals surface area contributed by atoms with Crippen LogP contribution < -0.4 is 14.8 Å². The first-order valence-electron chi connectivity index (χ1n) is 7.04. The van der Waals surface area contributed by atoms with E-state index in [1.807, 2.05) is 18.2 Å². The normalized spacial score (nSPS) is 12.0. The van der Waals surface area contributed by atoms with Gasteiger partial charge in [-0.3, -0.25) is 4.98 Å². The van der Waals surface area contributed by atoms with Gasteiger partial charge in [-0.05, 0) is 24.3 Å². The molecule has 0 saturated heterocycles. The van der Waals surface area contributed by atoms with Crippen LogP contribution in [0.3, 0.4) is 0 Å². The van der Waals surface area contributed by atoms with Crippen LogP contribution in [-0.2, 0) is 6.42 Å². The number of carbonyl (C=O) groups excluding carboxylic acids is 1. The molecule has 1 aromatic carbocycles. The molecular formula is C16H17N3O3. The van der Waals surface area contributed by atoms with Gasteiger partial charge < -0.3 is 19.7 Å². The van der Waals surface area contributed by atoms with Crippen LogP contribution in [0, 0.1) is 0 Å². The highest BCUT2D eigenvalue weighted by atomic mass is 16.7. The monoisotopic (exact) mass is 299 g/mol. The first-order chi connectivity index (χ1) is 10.7. The van der Waals surface area contributed by atoms with E-state index in [1.54, 1.807) is 36.3 Å². The molecule has 6 heteroatoms. The van der Waals surface area contributed by atoms with Crippen molar-refractivity contribution >= 4 is 11.7 Å². The third-order valence-electron chi connectivity index (χ3n) is 3.40. The largest absolute Gasteiger partial charge is 0.454 e. The maximum Gasteiger partial charge on any atom is 0.321 e. The van der Waals surface area contributed by atoms with Crippen molar-refractivity contribution in [2.24, 2.45) is 0 Å². The molecule has 0 unspecified atom stereocenters. The second-order valence-electron chi connectivity index (χ2n) is 4.99. The van der Waals surface area contributed by atoms with Crippen LogP contribution in [0.5, 0.6) is 11.5 Å². The smallest absolute Gasteiger partial charge is 0.321 e. The SMILES string of the molecule is CN(CCc1ccccn1)C(=O)Nc1ccc2c(c1)OCO2. The Morgan fingerprint density at radius 3 is 2.95 bits per heavy atom. The summed E-state index contributed by atoms with van der Waals surface area (Å²) in [4.78, 5) is 18.0. The number of carbonyl (C=O) groups is 1. The van der Waals surface area contributed by atoms with Gasteiger partial charge in [-0.2, -0.15) is 0 Å². The quantitative estimate of drug-likeness (QED) is 0.942. The van der Waals surface area contributed by atoms with Gasteiger partial charge >= 0.3 is 6.03 Å². The number of urea groups is 1. The lowest BCUT2D eigenvalue weighted by Gasteiger charge is -2.17. The van der Waals surface area contributed by atoms with Crippen molar-refractivity contribution in [3.8, 4) is 11.5 Å². The molecule has 0 bridgehead atoms. The standard InChI is InChI=1S/C16H17N3O3/c1-19(9-7-12-4-2-3-8-17-12)16(20)18-13-5-6-14-15(10-13)22-11-21-14/h2-6,8,10H,7,9,11H2,1H3,(H,18,20). The number of ether oxygens (including phenoxy) is 2. The lowest BCUT2D eigenvalue weighted by Crippen LogP contribution is -2.33. The van der Waals surface area contributed by atoms with Crippen LogP contribution >= 0.6 is 0 Å². The fourth-order valence-electron chi connectivity index (χ4n) is 2.12. The van der Waals surface area contributed by atoms with E-state index in [0.717, 1.165) is 5.69 Å². The van der Waals surface area contributed by atoms with Gasteiger partial charge in [0.1, 0.15) is 0 Å². The molecule has 0 fully saturated rings. The zero-order valence-electron chi connectivity index (χ0n) is 12.3. The summed E-state index contributed by atoms with van der Waals surface area (Å²) in [7, 11) is 1.76. The number of nitrogens with one attached hydrogen (secondary N) is 1. The van der Waals surface area contributed by atoms with Crippen molar-refractivity contribution in [1.82, 2.24) is 9.88 Å². The van der Waals surface area contributed by atoms with Gasteiger partial charge in [-0.15, -0.1) is 0 Å². The second-order valence-corrected chi connectivity index (χ2v) is 4.99. The fourth-order valence-corrected chi connectivity index (χ4v) is 2.12. The number of likely N-dealkylation sites (N-methyl/N-ethyl adjacent to an activating group) is 1. The number of pyridine rings is 1. The molecule has 3 rings (SSSR count). The molecule has 0 atom stereocenters. The lowest BCUT2D eigenvalue weighted by atomic mass is 10.2. The number of benzene rings is 1. The molecule has 2 heterocycles. The maximum atomic E-state index is 12.2. The summed E-state index contributed by atoms with van der Waals surface area (Å²) in [6.07, 6.45) is 2.47. The summed E-state index contributed by atoms with van der Waals surface area (Å²) >= 11 is 0. The number of hydrogen-bond acceptors (Lipinski definition) is 4. The molecule has 1 aliphatic heterocycles. The molecule has 0 radical (unpaired) electrons. The summed E-state index contributed by atoms with van der Waals surface area (Å²) in [5.74, 6) is 1.34. The highest BCUT2D eigenvalue weighted by molar-refractivity contribution is 5.89. The Hall–Kier alpha value is -2.76. The van der Waals surface area contributed by atoms with Gasteiger partial charge in [-0.25, -0.2) is 4.79 Å². The second kappa shape index (κ2) is 6.34. The molecule has 1 aliphatic rings. The summed E-state index contributed by atoms with van der Waals surface area (Å²) in [6.45, 7) is 0.810. The Morgan fingerprint density at radius 2 is 2.14 bits per heavy atom. The summed E-state index contributed by atoms with van der Waals surface area (Å²) in [6, 6.07) is 10.9. The van der Waals surface area contributed by atoms with Crippen LogP contribution in [0.25, 0.3) is 0 Å². The molecular weight excluding hydrogens is 282 g/mol. The molecule has 6 nitrogen and oxygen atoms in total. The van der Waals surface area contributed by atoms with Gasteiger partial charge in [-0.1, -0.05) is 6.07 Å². The predicted octanol–water partition coefficient (Wildman–Crippen LogP) is 2.52. The molecule has 2 aromatic rings. The number of rotatable bonds is 4. The average Bonchev–Trinajstić information content (AvgIpc) is 3.01. The van der Waals surface area contributed by atoms with Gasteiger partial charge in [0.25, 0.3) is 0 Å². The van der Waals surface area contributed by atoms with Crippen molar-refractivity contribution in [2.75, 3.05) is 25.7 Å². The van der Waals surface area contributed by atoms with Crippen molar-refractivity contribution in [3.63, 3.8) is 0 Å². The van der Waals surface area contributed by atoms with E-state index in [-0.39, 0.29) is 12.8 Å². The average molecular weight is 299 g/mol. The van der Waals surface area contributed by atoms with E-state index in [9.17, 15) is 4.79 Å². The van der Waals surface area contributed by atoms with E-state index in [0.29, 0.717) is 30.2 Å². The number of hydrogen-bond donors (Lipinski definition) is 1. The van der Waals surface area contributed by atoms with Crippen LogP contribution in [0.4, 0.5) is 10.5 Å². The first-order valence-corrected chi connectivity index (χ1v) is 7.04. The van der Waals surface area contributed by atoms with E-state index >= 15 is 0 Å². The molecule has 0 aliphatic carbocycles. The molecule has 2 amide bonds.